The number of rotatable bonds is 2. The fourth-order valence-electron chi connectivity index (χ4n) is 2.35. The first-order valence-corrected chi connectivity index (χ1v) is 6.53. The van der Waals surface area contributed by atoms with E-state index in [1.54, 1.807) is 30.3 Å². The molecule has 1 aromatic rings. The van der Waals surface area contributed by atoms with Gasteiger partial charge in [0.25, 0.3) is 0 Å². The summed E-state index contributed by atoms with van der Waals surface area (Å²) in [6.07, 6.45) is 1.09. The number of nitrogens with zero attached hydrogens (tertiary/aromatic N) is 1. The van der Waals surface area contributed by atoms with E-state index in [0.717, 1.165) is 4.88 Å². The highest BCUT2D eigenvalue weighted by Crippen LogP contribution is 2.37. The third kappa shape index (κ3) is 2.20. The smallest absolute Gasteiger partial charge is 0.225 e. The molecule has 0 unspecified atom stereocenters. The van der Waals surface area contributed by atoms with Crippen molar-refractivity contribution in [3.63, 3.8) is 0 Å². The SMILES string of the molecule is CNC(=O)[C@H]1CCC(=O)N(C)[C@H]1c1cccs1. The summed E-state index contributed by atoms with van der Waals surface area (Å²) >= 11 is 1.59. The zero-order valence-corrected chi connectivity index (χ0v) is 10.8. The molecule has 1 aliphatic rings. The second kappa shape index (κ2) is 4.87. The maximum Gasteiger partial charge on any atom is 0.225 e. The lowest BCUT2D eigenvalue weighted by Gasteiger charge is -2.37. The van der Waals surface area contributed by atoms with Crippen molar-refractivity contribution in [3.8, 4) is 0 Å². The summed E-state index contributed by atoms with van der Waals surface area (Å²) in [5, 5.41) is 4.67. The standard InChI is InChI=1S/C12H16N2O2S/c1-13-12(16)8-5-6-10(15)14(2)11(8)9-4-3-7-17-9/h3-4,7-8,11H,5-6H2,1-2H3,(H,13,16)/t8-,11+/m0/s1. The van der Waals surface area contributed by atoms with Gasteiger partial charge < -0.3 is 10.2 Å². The fourth-order valence-corrected chi connectivity index (χ4v) is 3.28. The van der Waals surface area contributed by atoms with Gasteiger partial charge in [-0.2, -0.15) is 0 Å². The third-order valence-electron chi connectivity index (χ3n) is 3.28. The van der Waals surface area contributed by atoms with Crippen LogP contribution in [0.1, 0.15) is 23.8 Å². The average Bonchev–Trinajstić information content (AvgIpc) is 2.84. The van der Waals surface area contributed by atoms with Crippen molar-refractivity contribution in [1.82, 2.24) is 10.2 Å². The molecule has 1 saturated heterocycles. The van der Waals surface area contributed by atoms with E-state index in [4.69, 9.17) is 0 Å². The average molecular weight is 252 g/mol. The first kappa shape index (κ1) is 12.1. The summed E-state index contributed by atoms with van der Waals surface area (Å²) in [5.74, 6) is -0.00680. The Morgan fingerprint density at radius 1 is 1.59 bits per heavy atom. The zero-order valence-electron chi connectivity index (χ0n) is 9.97. The lowest BCUT2D eigenvalue weighted by molar-refractivity contribution is -0.141. The predicted octanol–water partition coefficient (Wildman–Crippen LogP) is 1.40. The molecule has 0 radical (unpaired) electrons. The highest BCUT2D eigenvalue weighted by molar-refractivity contribution is 7.10. The van der Waals surface area contributed by atoms with Crippen molar-refractivity contribution >= 4 is 23.2 Å². The molecule has 0 saturated carbocycles. The monoisotopic (exact) mass is 252 g/mol. The van der Waals surface area contributed by atoms with Crippen LogP contribution in [-0.4, -0.2) is 30.8 Å². The Hall–Kier alpha value is -1.36. The quantitative estimate of drug-likeness (QED) is 0.865. The second-order valence-electron chi connectivity index (χ2n) is 4.22. The number of amides is 2. The molecule has 5 heteroatoms. The predicted molar refractivity (Wildman–Crippen MR) is 66.6 cm³/mol. The minimum Gasteiger partial charge on any atom is -0.359 e. The largest absolute Gasteiger partial charge is 0.359 e. The molecule has 1 fully saturated rings. The van der Waals surface area contributed by atoms with Crippen molar-refractivity contribution in [3.05, 3.63) is 22.4 Å². The normalized spacial score (nSPS) is 24.8. The summed E-state index contributed by atoms with van der Waals surface area (Å²) in [5.41, 5.74) is 0. The van der Waals surface area contributed by atoms with Gasteiger partial charge in [-0.15, -0.1) is 11.3 Å². The van der Waals surface area contributed by atoms with Crippen LogP contribution in [-0.2, 0) is 9.59 Å². The van der Waals surface area contributed by atoms with Gasteiger partial charge in [0.1, 0.15) is 0 Å². The third-order valence-corrected chi connectivity index (χ3v) is 4.22. The number of carbonyl (C=O) groups is 2. The van der Waals surface area contributed by atoms with Crippen molar-refractivity contribution in [2.75, 3.05) is 14.1 Å². The van der Waals surface area contributed by atoms with E-state index in [2.05, 4.69) is 5.32 Å². The molecule has 1 aliphatic heterocycles. The molecule has 2 atom stereocenters. The molecule has 4 nitrogen and oxygen atoms in total. The van der Waals surface area contributed by atoms with Crippen LogP contribution in [0.5, 0.6) is 0 Å². The molecular weight excluding hydrogens is 236 g/mol. The van der Waals surface area contributed by atoms with Crippen LogP contribution in [0.25, 0.3) is 0 Å². The van der Waals surface area contributed by atoms with Gasteiger partial charge in [0.15, 0.2) is 0 Å². The number of hydrogen-bond donors (Lipinski definition) is 1. The lowest BCUT2D eigenvalue weighted by Crippen LogP contribution is -2.45. The Morgan fingerprint density at radius 2 is 2.35 bits per heavy atom. The molecule has 2 rings (SSSR count). The number of hydrogen-bond acceptors (Lipinski definition) is 3. The van der Waals surface area contributed by atoms with Crippen LogP contribution in [0.4, 0.5) is 0 Å². The highest BCUT2D eigenvalue weighted by Gasteiger charge is 2.38. The number of piperidine rings is 1. The maximum absolute atomic E-state index is 11.9. The Labute approximate surface area is 105 Å². The molecule has 0 bridgehead atoms. The maximum atomic E-state index is 11.9. The van der Waals surface area contributed by atoms with Crippen LogP contribution < -0.4 is 5.32 Å². The van der Waals surface area contributed by atoms with Gasteiger partial charge in [-0.3, -0.25) is 9.59 Å². The first-order chi connectivity index (χ1) is 8.15. The van der Waals surface area contributed by atoms with Crippen LogP contribution in [0.3, 0.4) is 0 Å². The van der Waals surface area contributed by atoms with Crippen LogP contribution in [0.15, 0.2) is 17.5 Å². The van der Waals surface area contributed by atoms with Crippen LogP contribution >= 0.6 is 11.3 Å². The highest BCUT2D eigenvalue weighted by atomic mass is 32.1. The Balaban J connectivity index is 2.32. The van der Waals surface area contributed by atoms with Crippen molar-refractivity contribution in [1.29, 1.82) is 0 Å². The van der Waals surface area contributed by atoms with Gasteiger partial charge in [-0.1, -0.05) is 6.07 Å². The summed E-state index contributed by atoms with van der Waals surface area (Å²) < 4.78 is 0. The number of thiophene rings is 1. The lowest BCUT2D eigenvalue weighted by atomic mass is 9.87. The Bertz CT molecular complexity index is 416. The van der Waals surface area contributed by atoms with E-state index in [-0.39, 0.29) is 23.8 Å². The fraction of sp³-hybridized carbons (Fsp3) is 0.500. The van der Waals surface area contributed by atoms with Crippen molar-refractivity contribution in [2.24, 2.45) is 5.92 Å². The molecule has 2 amide bonds. The van der Waals surface area contributed by atoms with Gasteiger partial charge in [0, 0.05) is 25.4 Å². The van der Waals surface area contributed by atoms with Crippen molar-refractivity contribution < 1.29 is 9.59 Å². The van der Waals surface area contributed by atoms with E-state index in [0.29, 0.717) is 12.8 Å². The van der Waals surface area contributed by atoms with E-state index >= 15 is 0 Å². The molecule has 1 aromatic heterocycles. The summed E-state index contributed by atoms with van der Waals surface area (Å²) in [4.78, 5) is 26.4. The first-order valence-electron chi connectivity index (χ1n) is 5.65. The molecule has 1 N–H and O–H groups in total. The van der Waals surface area contributed by atoms with E-state index in [1.807, 2.05) is 17.5 Å². The minimum atomic E-state index is -0.138. The summed E-state index contributed by atoms with van der Waals surface area (Å²) in [6.45, 7) is 0. The van der Waals surface area contributed by atoms with E-state index in [9.17, 15) is 9.59 Å². The number of nitrogens with one attached hydrogen (secondary N) is 1. The van der Waals surface area contributed by atoms with E-state index in [1.165, 1.54) is 0 Å². The minimum absolute atomic E-state index is 0.0164. The second-order valence-corrected chi connectivity index (χ2v) is 5.20. The van der Waals surface area contributed by atoms with Crippen LogP contribution in [0.2, 0.25) is 0 Å². The summed E-state index contributed by atoms with van der Waals surface area (Å²) in [6, 6.07) is 3.82. The molecular formula is C12H16N2O2S. The molecule has 92 valence electrons. The molecule has 0 aliphatic carbocycles. The zero-order chi connectivity index (χ0) is 12.4. The molecule has 0 aromatic carbocycles. The van der Waals surface area contributed by atoms with Gasteiger partial charge in [-0.05, 0) is 17.9 Å². The molecule has 0 spiro atoms. The topological polar surface area (TPSA) is 49.4 Å². The number of likely N-dealkylation sites (tertiary alicyclic amines) is 1. The molecule has 2 heterocycles. The van der Waals surface area contributed by atoms with Crippen LogP contribution in [0, 0.1) is 5.92 Å². The Morgan fingerprint density at radius 3 is 2.94 bits per heavy atom. The van der Waals surface area contributed by atoms with Gasteiger partial charge in [0.05, 0.1) is 12.0 Å². The summed E-state index contributed by atoms with van der Waals surface area (Å²) in [7, 11) is 3.42. The van der Waals surface area contributed by atoms with Gasteiger partial charge in [-0.25, -0.2) is 0 Å². The van der Waals surface area contributed by atoms with E-state index < -0.39 is 0 Å². The van der Waals surface area contributed by atoms with Gasteiger partial charge >= 0.3 is 0 Å². The number of carbonyl (C=O) groups excluding carboxylic acids is 2. The Kier molecular flexibility index (Phi) is 3.47. The van der Waals surface area contributed by atoms with Gasteiger partial charge in [0.2, 0.25) is 11.8 Å². The molecule has 17 heavy (non-hydrogen) atoms. The van der Waals surface area contributed by atoms with Crippen molar-refractivity contribution in [2.45, 2.75) is 18.9 Å².